The number of unbranched alkanes of at least 4 members (excludes halogenated alkanes) is 51. The molecule has 0 saturated heterocycles. The van der Waals surface area contributed by atoms with Crippen LogP contribution >= 0.6 is 0 Å². The molecular weight excluding hydrogens is 983 g/mol. The van der Waals surface area contributed by atoms with Gasteiger partial charge in [-0.1, -0.05) is 332 Å². The van der Waals surface area contributed by atoms with E-state index in [-0.39, 0.29) is 18.5 Å². The maximum Gasteiger partial charge on any atom is 0.305 e. The summed E-state index contributed by atoms with van der Waals surface area (Å²) in [7, 11) is 0. The second-order valence-electron chi connectivity index (χ2n) is 24.6. The van der Waals surface area contributed by atoms with Crippen LogP contribution in [-0.2, 0) is 14.3 Å². The Labute approximate surface area is 499 Å². The minimum Gasteiger partial charge on any atom is -0.466 e. The van der Waals surface area contributed by atoms with Gasteiger partial charge in [0.15, 0.2) is 0 Å². The first-order valence-corrected chi connectivity index (χ1v) is 35.9. The predicted octanol–water partition coefficient (Wildman–Crippen LogP) is 23.3. The highest BCUT2D eigenvalue weighted by Crippen LogP contribution is 2.18. The van der Waals surface area contributed by atoms with Gasteiger partial charge in [-0.3, -0.25) is 9.59 Å². The lowest BCUT2D eigenvalue weighted by Gasteiger charge is -2.20. The highest BCUT2D eigenvalue weighted by atomic mass is 16.5. The Kier molecular flexibility index (Phi) is 67.4. The van der Waals surface area contributed by atoms with Crippen LogP contribution in [0.4, 0.5) is 0 Å². The first-order chi connectivity index (χ1) is 39.5. The van der Waals surface area contributed by atoms with Crippen molar-refractivity contribution in [1.29, 1.82) is 0 Å². The fraction of sp³-hybridized carbons (Fsp3) is 0.865. The van der Waals surface area contributed by atoms with Crippen LogP contribution in [0.25, 0.3) is 0 Å². The molecular formula is C74H139NO5. The van der Waals surface area contributed by atoms with E-state index in [1.807, 2.05) is 6.08 Å². The van der Waals surface area contributed by atoms with Gasteiger partial charge in [0.05, 0.1) is 25.4 Å². The van der Waals surface area contributed by atoms with Crippen LogP contribution in [0.15, 0.2) is 48.6 Å². The van der Waals surface area contributed by atoms with Crippen LogP contribution in [0.3, 0.4) is 0 Å². The number of allylic oxidation sites excluding steroid dienone is 7. The predicted molar refractivity (Wildman–Crippen MR) is 352 cm³/mol. The van der Waals surface area contributed by atoms with Crippen LogP contribution in [0.1, 0.15) is 386 Å². The third-order valence-electron chi connectivity index (χ3n) is 16.6. The zero-order valence-electron chi connectivity index (χ0n) is 53.8. The Morgan fingerprint density at radius 3 is 0.963 bits per heavy atom. The van der Waals surface area contributed by atoms with Crippen molar-refractivity contribution in [2.24, 2.45) is 0 Å². The Bertz CT molecular complexity index is 1340. The molecule has 3 N–H and O–H groups in total. The summed E-state index contributed by atoms with van der Waals surface area (Å²) in [5.41, 5.74) is 0. The summed E-state index contributed by atoms with van der Waals surface area (Å²) in [5, 5.41) is 23.3. The summed E-state index contributed by atoms with van der Waals surface area (Å²) in [5.74, 6) is -0.0884. The van der Waals surface area contributed by atoms with Gasteiger partial charge >= 0.3 is 5.97 Å². The van der Waals surface area contributed by atoms with Gasteiger partial charge in [-0.05, 0) is 89.9 Å². The van der Waals surface area contributed by atoms with Gasteiger partial charge in [-0.2, -0.15) is 0 Å². The monoisotopic (exact) mass is 1120 g/mol. The van der Waals surface area contributed by atoms with Gasteiger partial charge in [-0.25, -0.2) is 0 Å². The molecule has 0 aromatic rings. The topological polar surface area (TPSA) is 95.9 Å². The van der Waals surface area contributed by atoms with Gasteiger partial charge in [-0.15, -0.1) is 0 Å². The molecule has 0 bridgehead atoms. The molecule has 0 aromatic heterocycles. The molecule has 0 radical (unpaired) electrons. The molecule has 1 amide bonds. The Morgan fingerprint density at radius 1 is 0.350 bits per heavy atom. The third-order valence-corrected chi connectivity index (χ3v) is 16.6. The minimum atomic E-state index is -0.854. The molecule has 0 aliphatic rings. The second kappa shape index (κ2) is 69.3. The van der Waals surface area contributed by atoms with E-state index in [0.29, 0.717) is 19.4 Å². The van der Waals surface area contributed by atoms with Crippen molar-refractivity contribution in [2.75, 3.05) is 13.2 Å². The van der Waals surface area contributed by atoms with Crippen molar-refractivity contribution in [3.05, 3.63) is 48.6 Å². The zero-order chi connectivity index (χ0) is 57.8. The molecule has 6 heteroatoms. The third kappa shape index (κ3) is 65.0. The van der Waals surface area contributed by atoms with Gasteiger partial charge < -0.3 is 20.3 Å². The number of carbonyl (C=O) groups excluding carboxylic acids is 2. The standard InChI is InChI=1S/C74H139NO5/c1-3-5-7-9-11-13-15-17-19-21-23-24-25-26-27-28-31-34-38-42-46-50-54-58-62-66-72(77)71(70-76)75-73(78)67-63-59-55-51-47-43-39-35-32-29-33-37-41-45-49-53-57-61-65-69-80-74(79)68-64-60-56-52-48-44-40-36-30-22-20-18-16-14-12-10-8-6-4-2/h18,20,37,41,45,49,62,66,71-72,76-77H,3-17,19,21-36,38-40,42-44,46-48,50-61,63-65,67-70H2,1-2H3,(H,75,78)/b20-18-,41-37-,49-45-,66-62+. The fourth-order valence-electron chi connectivity index (χ4n) is 11.1. The van der Waals surface area contributed by atoms with Crippen molar-refractivity contribution >= 4 is 11.9 Å². The molecule has 0 heterocycles. The molecule has 2 atom stereocenters. The molecule has 0 spiro atoms. The highest BCUT2D eigenvalue weighted by molar-refractivity contribution is 5.76. The van der Waals surface area contributed by atoms with Gasteiger partial charge in [0.25, 0.3) is 0 Å². The highest BCUT2D eigenvalue weighted by Gasteiger charge is 2.18. The first-order valence-electron chi connectivity index (χ1n) is 35.9. The van der Waals surface area contributed by atoms with E-state index in [4.69, 9.17) is 4.74 Å². The van der Waals surface area contributed by atoms with Crippen LogP contribution in [0, 0.1) is 0 Å². The number of esters is 1. The number of amides is 1. The molecule has 0 fully saturated rings. The molecule has 0 aliphatic heterocycles. The molecule has 0 aromatic carbocycles. The summed E-state index contributed by atoms with van der Waals surface area (Å²) < 4.78 is 5.48. The minimum absolute atomic E-state index is 0.0140. The Balaban J connectivity index is 3.48. The average molecular weight is 1120 g/mol. The van der Waals surface area contributed by atoms with Crippen molar-refractivity contribution in [2.45, 2.75) is 398 Å². The molecule has 80 heavy (non-hydrogen) atoms. The SMILES string of the molecule is CCCCCCCC/C=C\CCCCCCCCCCCC(=O)OCCCCC/C=C\C=C/CCCCCCCCCCCCC(=O)NC(CO)C(O)/C=C/CCCCCCCCCCCCCCCCCCCCCCCCC. The van der Waals surface area contributed by atoms with Gasteiger partial charge in [0.2, 0.25) is 5.91 Å². The van der Waals surface area contributed by atoms with Crippen molar-refractivity contribution in [1.82, 2.24) is 5.32 Å². The lowest BCUT2D eigenvalue weighted by molar-refractivity contribution is -0.143. The Hall–Kier alpha value is -2.18. The largest absolute Gasteiger partial charge is 0.466 e. The summed E-state index contributed by atoms with van der Waals surface area (Å²) in [6, 6.07) is -0.638. The van der Waals surface area contributed by atoms with Crippen LogP contribution in [-0.4, -0.2) is 47.4 Å². The summed E-state index contributed by atoms with van der Waals surface area (Å²) in [4.78, 5) is 24.6. The molecule has 0 saturated carbocycles. The molecule has 0 rings (SSSR count). The average Bonchev–Trinajstić information content (AvgIpc) is 3.46. The quantitative estimate of drug-likeness (QED) is 0.0244. The van der Waals surface area contributed by atoms with E-state index >= 15 is 0 Å². The van der Waals surface area contributed by atoms with Crippen LogP contribution in [0.2, 0.25) is 0 Å². The van der Waals surface area contributed by atoms with E-state index < -0.39 is 12.1 Å². The molecule has 2 unspecified atom stereocenters. The molecule has 0 aliphatic carbocycles. The summed E-state index contributed by atoms with van der Waals surface area (Å²) in [6.07, 6.45) is 90.4. The Morgan fingerprint density at radius 2 is 0.625 bits per heavy atom. The number of aliphatic hydroxyl groups is 2. The lowest BCUT2D eigenvalue weighted by atomic mass is 10.0. The number of hydrogen-bond acceptors (Lipinski definition) is 5. The van der Waals surface area contributed by atoms with E-state index in [2.05, 4.69) is 55.6 Å². The number of hydrogen-bond donors (Lipinski definition) is 3. The number of rotatable bonds is 67. The molecule has 470 valence electrons. The number of carbonyl (C=O) groups is 2. The maximum absolute atomic E-state index is 12.5. The van der Waals surface area contributed by atoms with Gasteiger partial charge in [0.1, 0.15) is 0 Å². The number of aliphatic hydroxyl groups excluding tert-OH is 2. The number of nitrogens with one attached hydrogen (secondary N) is 1. The number of ether oxygens (including phenoxy) is 1. The summed E-state index contributed by atoms with van der Waals surface area (Å²) >= 11 is 0. The van der Waals surface area contributed by atoms with Crippen molar-refractivity contribution in [3.63, 3.8) is 0 Å². The lowest BCUT2D eigenvalue weighted by Crippen LogP contribution is -2.45. The smallest absolute Gasteiger partial charge is 0.305 e. The fourth-order valence-corrected chi connectivity index (χ4v) is 11.1. The van der Waals surface area contributed by atoms with Gasteiger partial charge in [0, 0.05) is 12.8 Å². The van der Waals surface area contributed by atoms with E-state index in [1.54, 1.807) is 6.08 Å². The van der Waals surface area contributed by atoms with E-state index in [9.17, 15) is 19.8 Å². The van der Waals surface area contributed by atoms with Crippen LogP contribution in [0.5, 0.6) is 0 Å². The molecule has 6 nitrogen and oxygen atoms in total. The second-order valence-corrected chi connectivity index (χ2v) is 24.6. The maximum atomic E-state index is 12.5. The normalized spacial score (nSPS) is 12.8. The van der Waals surface area contributed by atoms with Crippen LogP contribution < -0.4 is 5.32 Å². The summed E-state index contributed by atoms with van der Waals surface area (Å²) in [6.45, 7) is 4.89. The first kappa shape index (κ1) is 77.8. The van der Waals surface area contributed by atoms with E-state index in [0.717, 1.165) is 77.0 Å². The van der Waals surface area contributed by atoms with Crippen molar-refractivity contribution < 1.29 is 24.5 Å². The zero-order valence-corrected chi connectivity index (χ0v) is 53.8. The van der Waals surface area contributed by atoms with Crippen molar-refractivity contribution in [3.8, 4) is 0 Å². The van der Waals surface area contributed by atoms with E-state index in [1.165, 1.54) is 283 Å².